The molecule has 0 saturated heterocycles. The van der Waals surface area contributed by atoms with E-state index in [9.17, 15) is 19.7 Å². The van der Waals surface area contributed by atoms with Crippen LogP contribution in [-0.2, 0) is 0 Å². The van der Waals surface area contributed by atoms with Gasteiger partial charge in [0.15, 0.2) is 0 Å². The molecule has 1 aromatic heterocycles. The third kappa shape index (κ3) is 3.90. The average molecular weight is 407 g/mol. The molecule has 0 unspecified atom stereocenters. The Morgan fingerprint density at radius 3 is 2.50 bits per heavy atom. The van der Waals surface area contributed by atoms with E-state index in [1.807, 2.05) is 32.0 Å². The number of amides is 1. The first-order valence-corrected chi connectivity index (χ1v) is 9.18. The van der Waals surface area contributed by atoms with Gasteiger partial charge in [-0.1, -0.05) is 18.2 Å². The first kappa shape index (κ1) is 20.7. The lowest BCUT2D eigenvalue weighted by atomic mass is 10.1. The molecule has 0 radical (unpaired) electrons. The zero-order valence-electron chi connectivity index (χ0n) is 17.0. The molecule has 0 aliphatic rings. The van der Waals surface area contributed by atoms with E-state index < -0.39 is 10.8 Å². The van der Waals surface area contributed by atoms with Crippen molar-refractivity contribution in [1.29, 1.82) is 0 Å². The van der Waals surface area contributed by atoms with Crippen molar-refractivity contribution in [2.75, 3.05) is 0 Å². The van der Waals surface area contributed by atoms with Crippen molar-refractivity contribution in [3.05, 3.63) is 90.9 Å². The molecule has 9 heteroatoms. The summed E-state index contributed by atoms with van der Waals surface area (Å²) in [5.74, 6) is -0.732. The van der Waals surface area contributed by atoms with Gasteiger partial charge in [-0.25, -0.2) is 10.1 Å². The number of benzene rings is 2. The number of carbonyl (C=O) groups is 1. The third-order valence-corrected chi connectivity index (χ3v) is 4.85. The van der Waals surface area contributed by atoms with Gasteiger partial charge in [0, 0.05) is 11.8 Å². The predicted molar refractivity (Wildman–Crippen MR) is 113 cm³/mol. The second-order valence-corrected chi connectivity index (χ2v) is 6.93. The lowest BCUT2D eigenvalue weighted by Crippen LogP contribution is -2.24. The number of carbonyl (C=O) groups excluding carboxylic acids is 1. The highest BCUT2D eigenvalue weighted by molar-refractivity contribution is 6.02. The number of aryl methyl sites for hydroxylation is 3. The Balaban J connectivity index is 1.91. The summed E-state index contributed by atoms with van der Waals surface area (Å²) in [7, 11) is 0. The van der Waals surface area contributed by atoms with Gasteiger partial charge >= 0.3 is 0 Å². The van der Waals surface area contributed by atoms with Gasteiger partial charge in [-0.3, -0.25) is 24.8 Å². The molecule has 1 heterocycles. The number of aromatic amines is 1. The fourth-order valence-electron chi connectivity index (χ4n) is 3.09. The average Bonchev–Trinajstić information content (AvgIpc) is 3.02. The Labute approximate surface area is 172 Å². The molecule has 154 valence electrons. The van der Waals surface area contributed by atoms with Crippen LogP contribution in [0.25, 0.3) is 5.69 Å². The number of nitrogens with zero attached hydrogens (tertiary/aromatic N) is 3. The number of H-pyrrole nitrogens is 1. The highest BCUT2D eigenvalue weighted by atomic mass is 16.6. The fraction of sp³-hybridized carbons (Fsp3) is 0.190. The molecule has 3 aromatic rings. The molecule has 0 spiro atoms. The summed E-state index contributed by atoms with van der Waals surface area (Å²) in [4.78, 5) is 35.8. The van der Waals surface area contributed by atoms with Crippen LogP contribution in [0.1, 0.15) is 39.7 Å². The minimum atomic E-state index is -0.732. The molecule has 0 aliphatic heterocycles. The minimum absolute atomic E-state index is 0.114. The summed E-state index contributed by atoms with van der Waals surface area (Å²) in [6.45, 7) is 7.27. The summed E-state index contributed by atoms with van der Waals surface area (Å²) in [6.07, 6.45) is 0. The monoisotopic (exact) mass is 407 g/mol. The molecule has 0 saturated carbocycles. The Kier molecular flexibility index (Phi) is 5.63. The summed E-state index contributed by atoms with van der Waals surface area (Å²) >= 11 is 0. The highest BCUT2D eigenvalue weighted by Crippen LogP contribution is 2.17. The van der Waals surface area contributed by atoms with E-state index in [1.54, 1.807) is 13.8 Å². The fourth-order valence-corrected chi connectivity index (χ4v) is 3.09. The van der Waals surface area contributed by atoms with Crippen molar-refractivity contribution in [3.63, 3.8) is 0 Å². The molecule has 0 bridgehead atoms. The van der Waals surface area contributed by atoms with Crippen LogP contribution in [-0.4, -0.2) is 26.3 Å². The molecule has 1 amide bonds. The van der Waals surface area contributed by atoms with E-state index in [0.29, 0.717) is 16.9 Å². The van der Waals surface area contributed by atoms with Crippen LogP contribution in [0.4, 0.5) is 5.69 Å². The van der Waals surface area contributed by atoms with Crippen LogP contribution in [0.15, 0.2) is 52.4 Å². The number of hydrazone groups is 1. The largest absolute Gasteiger partial charge is 0.295 e. The Morgan fingerprint density at radius 2 is 1.83 bits per heavy atom. The summed E-state index contributed by atoms with van der Waals surface area (Å²) in [5, 5.41) is 18.1. The van der Waals surface area contributed by atoms with Gasteiger partial charge in [0.1, 0.15) is 5.56 Å². The van der Waals surface area contributed by atoms with Crippen LogP contribution < -0.4 is 11.0 Å². The molecule has 30 heavy (non-hydrogen) atoms. The van der Waals surface area contributed by atoms with Crippen molar-refractivity contribution in [3.8, 4) is 5.69 Å². The van der Waals surface area contributed by atoms with E-state index >= 15 is 0 Å². The molecular weight excluding hydrogens is 386 g/mol. The van der Waals surface area contributed by atoms with Crippen LogP contribution >= 0.6 is 0 Å². The maximum absolute atomic E-state index is 12.9. The van der Waals surface area contributed by atoms with E-state index in [2.05, 4.69) is 15.6 Å². The molecular formula is C21H21N5O4. The molecule has 0 fully saturated rings. The summed E-state index contributed by atoms with van der Waals surface area (Å²) in [5.41, 5.74) is 5.59. The third-order valence-electron chi connectivity index (χ3n) is 4.85. The minimum Gasteiger partial charge on any atom is -0.295 e. The quantitative estimate of drug-likeness (QED) is 0.383. The Hall–Kier alpha value is -4.01. The molecule has 3 rings (SSSR count). The molecule has 2 N–H and O–H groups in total. The molecule has 9 nitrogen and oxygen atoms in total. The van der Waals surface area contributed by atoms with Crippen LogP contribution in [0.3, 0.4) is 0 Å². The predicted octanol–water partition coefficient (Wildman–Crippen LogP) is 3.15. The zero-order chi connectivity index (χ0) is 22.0. The molecule has 2 aromatic carbocycles. The standard InChI is InChI=1S/C21H21N5O4/c1-12-9-10-16(11-13(12)2)25-21(28)19(15(4)24-25)14(3)22-23-20(27)17-7-5-6-8-18(17)26(29)30/h5-11,24H,1-4H3,(H,23,27)/b22-14-. The maximum atomic E-state index is 12.9. The smallest absolute Gasteiger partial charge is 0.282 e. The van der Waals surface area contributed by atoms with Crippen LogP contribution in [0.2, 0.25) is 0 Å². The van der Waals surface area contributed by atoms with Crippen molar-refractivity contribution >= 4 is 17.3 Å². The molecule has 0 atom stereocenters. The second-order valence-electron chi connectivity index (χ2n) is 6.93. The van der Waals surface area contributed by atoms with Crippen molar-refractivity contribution in [2.45, 2.75) is 27.7 Å². The Morgan fingerprint density at radius 1 is 1.13 bits per heavy atom. The van der Waals surface area contributed by atoms with Crippen LogP contribution in [0, 0.1) is 30.9 Å². The van der Waals surface area contributed by atoms with Gasteiger partial charge in [0.2, 0.25) is 0 Å². The van der Waals surface area contributed by atoms with Crippen molar-refractivity contribution in [1.82, 2.24) is 15.2 Å². The maximum Gasteiger partial charge on any atom is 0.282 e. The zero-order valence-corrected chi connectivity index (χ0v) is 17.0. The number of rotatable bonds is 5. The van der Waals surface area contributed by atoms with Gasteiger partial charge in [-0.15, -0.1) is 0 Å². The van der Waals surface area contributed by atoms with Crippen molar-refractivity contribution in [2.24, 2.45) is 5.10 Å². The SMILES string of the molecule is C/C(=N/NC(=O)c1ccccc1[N+](=O)[O-])c1c(C)[nH]n(-c2ccc(C)c(C)c2)c1=O. The van der Waals surface area contributed by atoms with Crippen LogP contribution in [0.5, 0.6) is 0 Å². The lowest BCUT2D eigenvalue weighted by molar-refractivity contribution is -0.385. The summed E-state index contributed by atoms with van der Waals surface area (Å²) < 4.78 is 1.42. The second kappa shape index (κ2) is 8.16. The van der Waals surface area contributed by atoms with Gasteiger partial charge in [0.25, 0.3) is 17.2 Å². The Bertz CT molecular complexity index is 1240. The number of hydrogen-bond acceptors (Lipinski definition) is 5. The van der Waals surface area contributed by atoms with Crippen molar-refractivity contribution < 1.29 is 9.72 Å². The van der Waals surface area contributed by atoms with E-state index in [0.717, 1.165) is 11.1 Å². The number of hydrogen-bond donors (Lipinski definition) is 2. The van der Waals surface area contributed by atoms with Gasteiger partial charge in [0.05, 0.1) is 21.9 Å². The van der Waals surface area contributed by atoms with Gasteiger partial charge < -0.3 is 0 Å². The number of nitrogens with one attached hydrogen (secondary N) is 2. The topological polar surface area (TPSA) is 122 Å². The van der Waals surface area contributed by atoms with Gasteiger partial charge in [-0.2, -0.15) is 5.10 Å². The highest BCUT2D eigenvalue weighted by Gasteiger charge is 2.20. The number of aromatic nitrogens is 2. The summed E-state index contributed by atoms with van der Waals surface area (Å²) in [6, 6.07) is 11.3. The first-order valence-electron chi connectivity index (χ1n) is 9.18. The lowest BCUT2D eigenvalue weighted by Gasteiger charge is -2.05. The van der Waals surface area contributed by atoms with E-state index in [-0.39, 0.29) is 22.5 Å². The number of nitro benzene ring substituents is 1. The van der Waals surface area contributed by atoms with E-state index in [4.69, 9.17) is 0 Å². The number of nitro groups is 1. The van der Waals surface area contributed by atoms with Gasteiger partial charge in [-0.05, 0) is 57.0 Å². The number of para-hydroxylation sites is 1. The first-order chi connectivity index (χ1) is 14.2. The normalized spacial score (nSPS) is 11.4. The molecule has 0 aliphatic carbocycles. The van der Waals surface area contributed by atoms with E-state index in [1.165, 1.54) is 28.9 Å².